The standard InChI is InChI=1S/C10H19N5S.H3N/c1-6-11-7-12-8(15-10(2,3)4)14-9(13-7)16-5;/h6H2,1-5H3,(H2,11,12,13,14,15);1H3. The molecule has 0 atom stereocenters. The summed E-state index contributed by atoms with van der Waals surface area (Å²) in [7, 11) is 0. The molecule has 0 aliphatic carbocycles. The lowest BCUT2D eigenvalue weighted by molar-refractivity contribution is 0.622. The van der Waals surface area contributed by atoms with Crippen LogP contribution in [0.3, 0.4) is 0 Å². The normalized spacial score (nSPS) is 10.6. The Morgan fingerprint density at radius 2 is 1.71 bits per heavy atom. The van der Waals surface area contributed by atoms with E-state index in [0.29, 0.717) is 11.9 Å². The van der Waals surface area contributed by atoms with Crippen LogP contribution >= 0.6 is 11.8 Å². The molecule has 17 heavy (non-hydrogen) atoms. The van der Waals surface area contributed by atoms with Crippen LogP contribution in [0.15, 0.2) is 5.16 Å². The van der Waals surface area contributed by atoms with E-state index in [1.807, 2.05) is 13.2 Å². The van der Waals surface area contributed by atoms with Crippen LogP contribution in [0.2, 0.25) is 0 Å². The van der Waals surface area contributed by atoms with Crippen molar-refractivity contribution in [2.45, 2.75) is 38.4 Å². The average Bonchev–Trinajstić information content (AvgIpc) is 2.15. The number of aromatic nitrogens is 3. The molecule has 0 aliphatic rings. The van der Waals surface area contributed by atoms with E-state index in [0.717, 1.165) is 11.7 Å². The molecule has 0 amide bonds. The maximum absolute atomic E-state index is 4.31. The summed E-state index contributed by atoms with van der Waals surface area (Å²) >= 11 is 1.51. The van der Waals surface area contributed by atoms with Crippen LogP contribution in [-0.2, 0) is 0 Å². The maximum Gasteiger partial charge on any atom is 0.228 e. The summed E-state index contributed by atoms with van der Waals surface area (Å²) in [5, 5.41) is 7.05. The van der Waals surface area contributed by atoms with Gasteiger partial charge in [0.1, 0.15) is 0 Å². The Morgan fingerprint density at radius 1 is 1.12 bits per heavy atom. The molecule has 0 aliphatic heterocycles. The van der Waals surface area contributed by atoms with Crippen molar-refractivity contribution in [3.8, 4) is 0 Å². The predicted octanol–water partition coefficient (Wildman–Crippen LogP) is 2.40. The SMILES string of the molecule is CCNc1nc(NC(C)(C)C)nc(SC)n1.N. The van der Waals surface area contributed by atoms with E-state index in [-0.39, 0.29) is 11.7 Å². The zero-order chi connectivity index (χ0) is 12.2. The molecule has 1 aromatic heterocycles. The highest BCUT2D eigenvalue weighted by atomic mass is 32.2. The molecular formula is C10H22N6S. The second-order valence-corrected chi connectivity index (χ2v) is 5.15. The van der Waals surface area contributed by atoms with E-state index in [2.05, 4.69) is 46.4 Å². The van der Waals surface area contributed by atoms with Crippen molar-refractivity contribution < 1.29 is 0 Å². The largest absolute Gasteiger partial charge is 0.354 e. The van der Waals surface area contributed by atoms with Crippen LogP contribution in [0.1, 0.15) is 27.7 Å². The fraction of sp³-hybridized carbons (Fsp3) is 0.700. The zero-order valence-corrected chi connectivity index (χ0v) is 12.0. The second-order valence-electron chi connectivity index (χ2n) is 4.37. The number of nitrogens with zero attached hydrogens (tertiary/aromatic N) is 3. The molecule has 1 aromatic rings. The fourth-order valence-corrected chi connectivity index (χ4v) is 1.43. The highest BCUT2D eigenvalue weighted by Crippen LogP contribution is 2.16. The Morgan fingerprint density at radius 3 is 2.18 bits per heavy atom. The Bertz CT molecular complexity index is 349. The van der Waals surface area contributed by atoms with Gasteiger partial charge in [0.25, 0.3) is 0 Å². The summed E-state index contributed by atoms with van der Waals surface area (Å²) in [6, 6.07) is 0. The lowest BCUT2D eigenvalue weighted by atomic mass is 10.1. The molecule has 6 nitrogen and oxygen atoms in total. The summed E-state index contributed by atoms with van der Waals surface area (Å²) in [5.74, 6) is 1.23. The molecule has 0 aromatic carbocycles. The van der Waals surface area contributed by atoms with Gasteiger partial charge in [-0.2, -0.15) is 15.0 Å². The summed E-state index contributed by atoms with van der Waals surface area (Å²) in [6.45, 7) is 9.03. The molecule has 0 saturated carbocycles. The van der Waals surface area contributed by atoms with E-state index in [1.54, 1.807) is 0 Å². The first-order valence-corrected chi connectivity index (χ1v) is 6.49. The van der Waals surface area contributed by atoms with Crippen LogP contribution in [0.4, 0.5) is 11.9 Å². The molecule has 1 rings (SSSR count). The van der Waals surface area contributed by atoms with Gasteiger partial charge in [-0.25, -0.2) is 0 Å². The third-order valence-electron chi connectivity index (χ3n) is 1.62. The molecule has 0 unspecified atom stereocenters. The van der Waals surface area contributed by atoms with Gasteiger partial charge in [-0.3, -0.25) is 0 Å². The Kier molecular flexibility index (Phi) is 6.19. The molecule has 98 valence electrons. The van der Waals surface area contributed by atoms with Gasteiger partial charge in [-0.1, -0.05) is 11.8 Å². The molecule has 0 radical (unpaired) electrons. The molecule has 0 bridgehead atoms. The van der Waals surface area contributed by atoms with Gasteiger partial charge in [0, 0.05) is 12.1 Å². The van der Waals surface area contributed by atoms with Crippen LogP contribution in [-0.4, -0.2) is 33.3 Å². The van der Waals surface area contributed by atoms with Crippen molar-refractivity contribution in [1.82, 2.24) is 21.1 Å². The second kappa shape index (κ2) is 6.61. The monoisotopic (exact) mass is 258 g/mol. The van der Waals surface area contributed by atoms with E-state index in [4.69, 9.17) is 0 Å². The number of anilines is 2. The van der Waals surface area contributed by atoms with Crippen molar-refractivity contribution in [3.05, 3.63) is 0 Å². The van der Waals surface area contributed by atoms with Gasteiger partial charge in [0.05, 0.1) is 0 Å². The number of hydrogen-bond acceptors (Lipinski definition) is 7. The summed E-state index contributed by atoms with van der Waals surface area (Å²) in [5.41, 5.74) is -0.0550. The highest BCUT2D eigenvalue weighted by molar-refractivity contribution is 7.98. The number of nitrogens with one attached hydrogen (secondary N) is 2. The van der Waals surface area contributed by atoms with Crippen molar-refractivity contribution in [3.63, 3.8) is 0 Å². The summed E-state index contributed by atoms with van der Waals surface area (Å²) < 4.78 is 0. The third-order valence-corrected chi connectivity index (χ3v) is 2.17. The van der Waals surface area contributed by atoms with Gasteiger partial charge >= 0.3 is 0 Å². The van der Waals surface area contributed by atoms with Crippen LogP contribution in [0.5, 0.6) is 0 Å². The maximum atomic E-state index is 4.31. The topological polar surface area (TPSA) is 97.7 Å². The fourth-order valence-electron chi connectivity index (χ4n) is 1.08. The first-order chi connectivity index (χ1) is 7.44. The molecule has 7 heteroatoms. The Hall–Kier alpha value is -1.08. The van der Waals surface area contributed by atoms with Crippen molar-refractivity contribution in [2.24, 2.45) is 0 Å². The number of rotatable bonds is 4. The Balaban J connectivity index is 0.00000256. The highest BCUT2D eigenvalue weighted by Gasteiger charge is 2.13. The van der Waals surface area contributed by atoms with Gasteiger partial charge in [-0.15, -0.1) is 0 Å². The smallest absolute Gasteiger partial charge is 0.228 e. The van der Waals surface area contributed by atoms with Crippen LogP contribution in [0, 0.1) is 0 Å². The molecular weight excluding hydrogens is 236 g/mol. The van der Waals surface area contributed by atoms with Crippen LogP contribution in [0.25, 0.3) is 0 Å². The predicted molar refractivity (Wildman–Crippen MR) is 74.2 cm³/mol. The number of hydrogen-bond donors (Lipinski definition) is 3. The third kappa shape index (κ3) is 5.69. The van der Waals surface area contributed by atoms with Crippen molar-refractivity contribution in [1.29, 1.82) is 0 Å². The minimum Gasteiger partial charge on any atom is -0.354 e. The minimum atomic E-state index is -0.0550. The first kappa shape index (κ1) is 15.9. The first-order valence-electron chi connectivity index (χ1n) is 5.26. The van der Waals surface area contributed by atoms with E-state index in [1.165, 1.54) is 11.8 Å². The molecule has 1 heterocycles. The lowest BCUT2D eigenvalue weighted by Gasteiger charge is -2.20. The van der Waals surface area contributed by atoms with Gasteiger partial charge in [-0.05, 0) is 34.0 Å². The van der Waals surface area contributed by atoms with Gasteiger partial charge in [0.15, 0.2) is 5.16 Å². The van der Waals surface area contributed by atoms with Crippen LogP contribution < -0.4 is 16.8 Å². The molecule has 0 fully saturated rings. The minimum absolute atomic E-state index is 0. The van der Waals surface area contributed by atoms with E-state index >= 15 is 0 Å². The number of thioether (sulfide) groups is 1. The molecule has 0 saturated heterocycles. The van der Waals surface area contributed by atoms with Crippen molar-refractivity contribution in [2.75, 3.05) is 23.4 Å². The molecule has 5 N–H and O–H groups in total. The van der Waals surface area contributed by atoms with Gasteiger partial charge < -0.3 is 16.8 Å². The van der Waals surface area contributed by atoms with Gasteiger partial charge in [0.2, 0.25) is 11.9 Å². The quantitative estimate of drug-likeness (QED) is 0.713. The van der Waals surface area contributed by atoms with Crippen molar-refractivity contribution >= 4 is 23.7 Å². The Labute approximate surface area is 107 Å². The summed E-state index contributed by atoms with van der Waals surface area (Å²) in [6.07, 6.45) is 1.95. The molecule has 0 spiro atoms. The zero-order valence-electron chi connectivity index (χ0n) is 11.2. The van der Waals surface area contributed by atoms with E-state index < -0.39 is 0 Å². The lowest BCUT2D eigenvalue weighted by Crippen LogP contribution is -2.27. The average molecular weight is 258 g/mol. The summed E-state index contributed by atoms with van der Waals surface area (Å²) in [4.78, 5) is 12.9. The van der Waals surface area contributed by atoms with E-state index in [9.17, 15) is 0 Å².